The Labute approximate surface area is 259 Å². The molecule has 231 valence electrons. The molecule has 0 N–H and O–H groups in total. The third kappa shape index (κ3) is 5.43. The summed E-state index contributed by atoms with van der Waals surface area (Å²) in [5, 5.41) is 13.9. The van der Waals surface area contributed by atoms with E-state index in [0.29, 0.717) is 18.1 Å². The van der Waals surface area contributed by atoms with Gasteiger partial charge in [0, 0.05) is 42.8 Å². The van der Waals surface area contributed by atoms with Crippen LogP contribution < -0.4 is 9.80 Å². The average molecular weight is 597 g/mol. The normalized spacial score (nSPS) is 19.5. The largest absolute Gasteiger partial charge is 0.388 e. The van der Waals surface area contributed by atoms with E-state index in [-0.39, 0.29) is 12.2 Å². The molecule has 0 aliphatic carbocycles. The van der Waals surface area contributed by atoms with E-state index < -0.39 is 17.7 Å². The third-order valence-electron chi connectivity index (χ3n) is 8.58. The van der Waals surface area contributed by atoms with Gasteiger partial charge in [-0.3, -0.25) is 0 Å². The van der Waals surface area contributed by atoms with Gasteiger partial charge < -0.3 is 23.8 Å². The fourth-order valence-electron chi connectivity index (χ4n) is 6.83. The van der Waals surface area contributed by atoms with Crippen molar-refractivity contribution in [1.29, 1.82) is 0 Å². The lowest BCUT2D eigenvalue weighted by Crippen LogP contribution is -2.45. The molecular weight excluding hydrogens is 554 g/mol. The van der Waals surface area contributed by atoms with Crippen molar-refractivity contribution in [2.45, 2.75) is 85.8 Å². The minimum Gasteiger partial charge on any atom is -0.372 e. The van der Waals surface area contributed by atoms with Crippen LogP contribution in [0.15, 0.2) is 42.7 Å². The van der Waals surface area contributed by atoms with E-state index in [1.54, 1.807) is 0 Å². The SMILES string of the molecule is Cc1ccc(-c2c([C@H](OC(C)(C)C)C([O])=O)c(C)c3c4c2cc(C)n4CCN3c2ncc(N3C[C@@H](C)O[C@@H](C)C3)cn2)cc1. The van der Waals surface area contributed by atoms with Crippen molar-refractivity contribution in [3.63, 3.8) is 0 Å². The van der Waals surface area contributed by atoms with Gasteiger partial charge in [0.05, 0.1) is 47.1 Å². The number of benzene rings is 2. The van der Waals surface area contributed by atoms with Crippen LogP contribution in [0.4, 0.5) is 17.3 Å². The van der Waals surface area contributed by atoms with Crippen molar-refractivity contribution in [2.24, 2.45) is 0 Å². The minimum absolute atomic E-state index is 0.130. The number of nitrogens with zero attached hydrogens (tertiary/aromatic N) is 5. The molecule has 9 nitrogen and oxygen atoms in total. The van der Waals surface area contributed by atoms with Gasteiger partial charge in [0.2, 0.25) is 5.95 Å². The molecule has 3 atom stereocenters. The minimum atomic E-state index is -1.28. The molecule has 0 bridgehead atoms. The number of aryl methyl sites for hydroxylation is 2. The Morgan fingerprint density at radius 1 is 1.00 bits per heavy atom. The smallest absolute Gasteiger partial charge is 0.372 e. The van der Waals surface area contributed by atoms with Crippen molar-refractivity contribution in [2.75, 3.05) is 29.4 Å². The van der Waals surface area contributed by atoms with Gasteiger partial charge in [0.1, 0.15) is 0 Å². The molecule has 6 rings (SSSR count). The number of hydrogen-bond donors (Lipinski definition) is 0. The molecule has 0 saturated carbocycles. The second-order valence-corrected chi connectivity index (χ2v) is 13.3. The van der Waals surface area contributed by atoms with Crippen molar-refractivity contribution in [3.8, 4) is 11.1 Å². The summed E-state index contributed by atoms with van der Waals surface area (Å²) in [5.74, 6) is -0.690. The van der Waals surface area contributed by atoms with E-state index in [9.17, 15) is 9.90 Å². The molecule has 44 heavy (non-hydrogen) atoms. The summed E-state index contributed by atoms with van der Waals surface area (Å²) in [6.07, 6.45) is 2.74. The highest BCUT2D eigenvalue weighted by Gasteiger charge is 2.37. The first-order valence-electron chi connectivity index (χ1n) is 15.4. The number of ether oxygens (including phenoxy) is 2. The molecule has 4 aromatic rings. The fourth-order valence-corrected chi connectivity index (χ4v) is 6.83. The maximum absolute atomic E-state index is 12.9. The molecule has 0 amide bonds. The van der Waals surface area contributed by atoms with Gasteiger partial charge in [-0.25, -0.2) is 19.9 Å². The zero-order chi connectivity index (χ0) is 31.5. The summed E-state index contributed by atoms with van der Waals surface area (Å²) in [4.78, 5) is 27.0. The maximum Gasteiger partial charge on any atom is 0.388 e. The van der Waals surface area contributed by atoms with Crippen LogP contribution >= 0.6 is 0 Å². The maximum atomic E-state index is 12.9. The highest BCUT2D eigenvalue weighted by atomic mass is 16.5. The summed E-state index contributed by atoms with van der Waals surface area (Å²) >= 11 is 0. The summed E-state index contributed by atoms with van der Waals surface area (Å²) in [6.45, 7) is 18.9. The Morgan fingerprint density at radius 2 is 1.64 bits per heavy atom. The first-order chi connectivity index (χ1) is 20.8. The van der Waals surface area contributed by atoms with Gasteiger partial charge in [0.25, 0.3) is 0 Å². The first kappa shape index (κ1) is 30.1. The van der Waals surface area contributed by atoms with Gasteiger partial charge in [-0.05, 0) is 78.1 Å². The van der Waals surface area contributed by atoms with Crippen LogP contribution in [0.1, 0.15) is 63.1 Å². The van der Waals surface area contributed by atoms with E-state index in [1.165, 1.54) is 0 Å². The predicted molar refractivity (Wildman–Crippen MR) is 172 cm³/mol. The molecule has 0 spiro atoms. The van der Waals surface area contributed by atoms with Crippen LogP contribution in [0.2, 0.25) is 0 Å². The van der Waals surface area contributed by atoms with Gasteiger partial charge >= 0.3 is 5.97 Å². The monoisotopic (exact) mass is 596 g/mol. The van der Waals surface area contributed by atoms with Crippen LogP contribution in [-0.4, -0.2) is 57.9 Å². The summed E-state index contributed by atoms with van der Waals surface area (Å²) < 4.78 is 14.5. The average Bonchev–Trinajstić information content (AvgIpc) is 3.29. The number of hydrogen-bond acceptors (Lipinski definition) is 7. The number of anilines is 3. The van der Waals surface area contributed by atoms with Gasteiger partial charge in [-0.15, -0.1) is 0 Å². The molecule has 1 radical (unpaired) electrons. The van der Waals surface area contributed by atoms with E-state index in [2.05, 4.69) is 65.5 Å². The summed E-state index contributed by atoms with van der Waals surface area (Å²) in [7, 11) is 0. The Kier molecular flexibility index (Phi) is 7.66. The molecule has 9 heteroatoms. The van der Waals surface area contributed by atoms with E-state index in [4.69, 9.17) is 19.4 Å². The zero-order valence-corrected chi connectivity index (χ0v) is 27.0. The van der Waals surface area contributed by atoms with Crippen molar-refractivity contribution in [3.05, 3.63) is 65.1 Å². The second kappa shape index (κ2) is 11.2. The van der Waals surface area contributed by atoms with Gasteiger partial charge in [-0.1, -0.05) is 29.8 Å². The van der Waals surface area contributed by atoms with Gasteiger partial charge in [-0.2, -0.15) is 0 Å². The quantitative estimate of drug-likeness (QED) is 0.248. The fraction of sp³-hybridized carbons (Fsp3) is 0.457. The Balaban J connectivity index is 1.56. The molecule has 2 aliphatic rings. The van der Waals surface area contributed by atoms with Crippen LogP contribution in [0, 0.1) is 20.8 Å². The number of carbonyl (C=O) groups is 1. The molecule has 2 aliphatic heterocycles. The summed E-state index contributed by atoms with van der Waals surface area (Å²) in [5.41, 5.74) is 7.63. The lowest BCUT2D eigenvalue weighted by molar-refractivity contribution is -0.167. The number of carbonyl (C=O) groups excluding carboxylic acids is 1. The second-order valence-electron chi connectivity index (χ2n) is 13.3. The molecule has 0 unspecified atom stereocenters. The molecule has 1 fully saturated rings. The highest BCUT2D eigenvalue weighted by Crippen LogP contribution is 2.49. The lowest BCUT2D eigenvalue weighted by atomic mass is 9.87. The van der Waals surface area contributed by atoms with Crippen LogP contribution in [0.3, 0.4) is 0 Å². The van der Waals surface area contributed by atoms with Crippen molar-refractivity contribution in [1.82, 2.24) is 14.5 Å². The first-order valence-corrected chi connectivity index (χ1v) is 15.4. The van der Waals surface area contributed by atoms with Crippen LogP contribution in [0.25, 0.3) is 22.0 Å². The zero-order valence-electron chi connectivity index (χ0n) is 27.0. The molecule has 1 saturated heterocycles. The molecule has 4 heterocycles. The number of rotatable bonds is 6. The number of morpholine rings is 1. The van der Waals surface area contributed by atoms with E-state index >= 15 is 0 Å². The Morgan fingerprint density at radius 3 is 2.23 bits per heavy atom. The highest BCUT2D eigenvalue weighted by molar-refractivity contribution is 6.08. The van der Waals surface area contributed by atoms with Crippen LogP contribution in [-0.2, 0) is 25.9 Å². The predicted octanol–water partition coefficient (Wildman–Crippen LogP) is 6.60. The topological polar surface area (TPSA) is 92.6 Å². The van der Waals surface area contributed by atoms with Crippen LogP contribution in [0.5, 0.6) is 0 Å². The number of aromatic nitrogens is 3. The van der Waals surface area contributed by atoms with E-state index in [0.717, 1.165) is 69.9 Å². The summed E-state index contributed by atoms with van der Waals surface area (Å²) in [6, 6.07) is 10.4. The Bertz CT molecular complexity index is 1690. The lowest BCUT2D eigenvalue weighted by Gasteiger charge is -2.37. The molecular formula is C35H42N5O4. The van der Waals surface area contributed by atoms with E-state index in [1.807, 2.05) is 47.0 Å². The van der Waals surface area contributed by atoms with Gasteiger partial charge in [0.15, 0.2) is 6.10 Å². The van der Waals surface area contributed by atoms with Crippen molar-refractivity contribution >= 4 is 34.2 Å². The molecule has 2 aromatic carbocycles. The third-order valence-corrected chi connectivity index (χ3v) is 8.58. The standard InChI is InChI=1S/C35H42N5O4/c1-20-9-11-25(12-10-20)29-27-15-21(2)39-13-14-40(34-36-16-26(17-37-34)38-18-22(3)43-23(4)19-38)30(31(27)39)24(5)28(29)32(33(41)42)44-35(6,7)8/h9-12,15-17,22-23,32H,13-14,18-19H2,1-8H3/t22-,23+,32-/m0/s1. The van der Waals surface area contributed by atoms with Crippen molar-refractivity contribution < 1.29 is 19.4 Å². The Hall–Kier alpha value is -3.95. The molecule has 2 aromatic heterocycles.